The first-order chi connectivity index (χ1) is 15.5. The highest BCUT2D eigenvalue weighted by atomic mass is 16.5. The van der Waals surface area contributed by atoms with Crippen LogP contribution >= 0.6 is 0 Å². The van der Waals surface area contributed by atoms with Gasteiger partial charge in [0.1, 0.15) is 0 Å². The highest BCUT2D eigenvalue weighted by molar-refractivity contribution is 5.06. The Kier molecular flexibility index (Phi) is 6.12. The van der Waals surface area contributed by atoms with Gasteiger partial charge in [-0.2, -0.15) is 0 Å². The van der Waals surface area contributed by atoms with Crippen molar-refractivity contribution in [1.29, 1.82) is 0 Å². The van der Waals surface area contributed by atoms with Gasteiger partial charge in [-0.1, -0.05) is 0 Å². The highest BCUT2D eigenvalue weighted by Crippen LogP contribution is 2.49. The van der Waals surface area contributed by atoms with Gasteiger partial charge in [0, 0.05) is 30.2 Å². The molecule has 182 valence electrons. The average molecular weight is 446 g/mol. The van der Waals surface area contributed by atoms with Gasteiger partial charge in [-0.15, -0.1) is 0 Å². The number of aliphatic hydroxyl groups is 1. The number of rotatable bonds is 4. The van der Waals surface area contributed by atoms with E-state index in [1.54, 1.807) is 0 Å². The second-order valence-electron chi connectivity index (χ2n) is 12.7. The van der Waals surface area contributed by atoms with Crippen LogP contribution in [0.5, 0.6) is 0 Å². The molecule has 0 saturated carbocycles. The molecule has 0 radical (unpaired) electrons. The van der Waals surface area contributed by atoms with Crippen LogP contribution in [0, 0.1) is 11.8 Å². The fourth-order valence-electron chi connectivity index (χ4n) is 9.08. The summed E-state index contributed by atoms with van der Waals surface area (Å²) in [6, 6.07) is 1.98. The number of hydrogen-bond acceptors (Lipinski definition) is 5. The summed E-state index contributed by atoms with van der Waals surface area (Å²) >= 11 is 0. The van der Waals surface area contributed by atoms with Crippen LogP contribution in [0.25, 0.3) is 0 Å². The Balaban J connectivity index is 1.14. The summed E-state index contributed by atoms with van der Waals surface area (Å²) in [5.74, 6) is 1.60. The number of hydrogen-bond donors (Lipinski definition) is 1. The van der Waals surface area contributed by atoms with Crippen LogP contribution in [0.4, 0.5) is 0 Å². The van der Waals surface area contributed by atoms with Crippen LogP contribution in [0.3, 0.4) is 0 Å². The van der Waals surface area contributed by atoms with Crippen molar-refractivity contribution in [3.63, 3.8) is 0 Å². The van der Waals surface area contributed by atoms with Gasteiger partial charge in [-0.3, -0.25) is 9.80 Å². The summed E-state index contributed by atoms with van der Waals surface area (Å²) in [6.45, 7) is 3.87. The van der Waals surface area contributed by atoms with Gasteiger partial charge in [0.2, 0.25) is 0 Å². The van der Waals surface area contributed by atoms with E-state index < -0.39 is 0 Å². The van der Waals surface area contributed by atoms with Crippen molar-refractivity contribution in [2.75, 3.05) is 33.7 Å². The zero-order valence-corrected chi connectivity index (χ0v) is 20.6. The standard InChI is InChI=1S/C27H47N3O2/c1-28-21-5-6-26(32-25-4-3-12-30-13-9-20(25)18-30)24(28)15-19(14-21)17-27-10-7-22(29(27)2)16-23(31)8-11-27/h19-26,31H,3-18H2,1-2H3. The molecule has 1 N–H and O–H groups in total. The molecule has 6 rings (SSSR count). The van der Waals surface area contributed by atoms with E-state index in [0.29, 0.717) is 29.8 Å². The van der Waals surface area contributed by atoms with Crippen molar-refractivity contribution >= 4 is 0 Å². The van der Waals surface area contributed by atoms with Gasteiger partial charge in [-0.25, -0.2) is 0 Å². The van der Waals surface area contributed by atoms with E-state index in [1.165, 1.54) is 90.3 Å². The van der Waals surface area contributed by atoms with Gasteiger partial charge < -0.3 is 14.7 Å². The van der Waals surface area contributed by atoms with Crippen molar-refractivity contribution in [3.05, 3.63) is 0 Å². The molecule has 5 heteroatoms. The molecule has 0 aromatic carbocycles. The lowest BCUT2D eigenvalue weighted by atomic mass is 9.71. The van der Waals surface area contributed by atoms with Crippen LogP contribution in [0.15, 0.2) is 0 Å². The molecule has 6 aliphatic heterocycles. The number of ether oxygens (including phenoxy) is 1. The van der Waals surface area contributed by atoms with E-state index in [0.717, 1.165) is 30.7 Å². The van der Waals surface area contributed by atoms with E-state index in [1.807, 2.05) is 0 Å². The Labute approximate surface area is 195 Å². The minimum absolute atomic E-state index is 0.0784. The first-order valence-electron chi connectivity index (χ1n) is 14.0. The molecule has 5 nitrogen and oxygen atoms in total. The molecule has 0 aromatic rings. The quantitative estimate of drug-likeness (QED) is 0.717. The van der Waals surface area contributed by atoms with Crippen LogP contribution in [-0.4, -0.2) is 95.5 Å². The largest absolute Gasteiger partial charge is 0.393 e. The third-order valence-corrected chi connectivity index (χ3v) is 11.0. The predicted octanol–water partition coefficient (Wildman–Crippen LogP) is 3.50. The summed E-state index contributed by atoms with van der Waals surface area (Å²) in [4.78, 5) is 8.10. The molecule has 6 fully saturated rings. The lowest BCUT2D eigenvalue weighted by molar-refractivity contribution is -0.127. The number of nitrogens with zero attached hydrogens (tertiary/aromatic N) is 3. The molecule has 6 heterocycles. The molecule has 10 unspecified atom stereocenters. The average Bonchev–Trinajstić information content (AvgIpc) is 3.23. The fourth-order valence-corrected chi connectivity index (χ4v) is 9.08. The first-order valence-corrected chi connectivity index (χ1v) is 14.0. The molecule has 32 heavy (non-hydrogen) atoms. The van der Waals surface area contributed by atoms with Crippen LogP contribution in [0.2, 0.25) is 0 Å². The molecule has 0 aromatic heterocycles. The molecule has 0 spiro atoms. The number of aliphatic hydroxyl groups excluding tert-OH is 1. The summed E-state index contributed by atoms with van der Waals surface area (Å²) < 4.78 is 7.04. The maximum Gasteiger partial charge on any atom is 0.0734 e. The molecule has 6 aliphatic rings. The Hall–Kier alpha value is -0.200. The van der Waals surface area contributed by atoms with Crippen molar-refractivity contribution in [3.8, 4) is 0 Å². The SMILES string of the molecule is CN1C2CCC(OC3CCCN4CCC3C4)C1CC(CC13CCC(O)CC(CC1)N3C)C2. The summed E-state index contributed by atoms with van der Waals surface area (Å²) in [5, 5.41) is 10.4. The van der Waals surface area contributed by atoms with E-state index in [2.05, 4.69) is 28.8 Å². The second kappa shape index (κ2) is 8.78. The molecule has 0 amide bonds. The maximum atomic E-state index is 10.4. The molecule has 10 atom stereocenters. The van der Waals surface area contributed by atoms with Crippen molar-refractivity contribution in [2.24, 2.45) is 11.8 Å². The third kappa shape index (κ3) is 3.98. The Bertz CT molecular complexity index is 675. The van der Waals surface area contributed by atoms with Gasteiger partial charge in [0.15, 0.2) is 0 Å². The van der Waals surface area contributed by atoms with Crippen molar-refractivity contribution < 1.29 is 9.84 Å². The third-order valence-electron chi connectivity index (χ3n) is 11.0. The van der Waals surface area contributed by atoms with Crippen LogP contribution in [0.1, 0.15) is 83.5 Å². The Morgan fingerprint density at radius 1 is 0.875 bits per heavy atom. The second-order valence-corrected chi connectivity index (χ2v) is 12.7. The lowest BCUT2D eigenvalue weighted by Gasteiger charge is -2.53. The van der Waals surface area contributed by atoms with Gasteiger partial charge in [0.05, 0.1) is 18.3 Å². The molecule has 6 bridgehead atoms. The number of piperidine rings is 2. The summed E-state index contributed by atoms with van der Waals surface area (Å²) in [5.41, 5.74) is 0.349. The smallest absolute Gasteiger partial charge is 0.0734 e. The normalized spacial score (nSPS) is 52.0. The molecule has 0 aliphatic carbocycles. The van der Waals surface area contributed by atoms with Crippen LogP contribution in [-0.2, 0) is 4.74 Å². The monoisotopic (exact) mass is 445 g/mol. The van der Waals surface area contributed by atoms with E-state index in [-0.39, 0.29) is 6.10 Å². The molecule has 6 saturated heterocycles. The van der Waals surface area contributed by atoms with Crippen molar-refractivity contribution in [1.82, 2.24) is 14.7 Å². The van der Waals surface area contributed by atoms with E-state index >= 15 is 0 Å². The minimum atomic E-state index is -0.0784. The van der Waals surface area contributed by atoms with Crippen molar-refractivity contribution in [2.45, 2.75) is 125 Å². The Morgan fingerprint density at radius 3 is 2.66 bits per heavy atom. The number of likely N-dealkylation sites (N-methyl/N-ethyl adjacent to an activating group) is 1. The van der Waals surface area contributed by atoms with Gasteiger partial charge in [0.25, 0.3) is 0 Å². The highest BCUT2D eigenvalue weighted by Gasteiger charge is 2.50. The lowest BCUT2D eigenvalue weighted by Crippen LogP contribution is -2.58. The fraction of sp³-hybridized carbons (Fsp3) is 1.00. The Morgan fingerprint density at radius 2 is 1.75 bits per heavy atom. The zero-order valence-electron chi connectivity index (χ0n) is 20.6. The summed E-state index contributed by atoms with van der Waals surface area (Å²) in [7, 11) is 4.76. The molecular formula is C27H47N3O2. The van der Waals surface area contributed by atoms with E-state index in [4.69, 9.17) is 4.74 Å². The molecular weight excluding hydrogens is 398 g/mol. The van der Waals surface area contributed by atoms with Crippen LogP contribution < -0.4 is 0 Å². The zero-order chi connectivity index (χ0) is 21.9. The first kappa shape index (κ1) is 22.3. The maximum absolute atomic E-state index is 10.4. The predicted molar refractivity (Wildman–Crippen MR) is 128 cm³/mol. The minimum Gasteiger partial charge on any atom is -0.393 e. The number of fused-ring (bicyclic) bond motifs is 6. The van der Waals surface area contributed by atoms with E-state index in [9.17, 15) is 5.11 Å². The van der Waals surface area contributed by atoms with Gasteiger partial charge >= 0.3 is 0 Å². The van der Waals surface area contributed by atoms with Gasteiger partial charge in [-0.05, 0) is 122 Å². The summed E-state index contributed by atoms with van der Waals surface area (Å²) in [6.07, 6.45) is 17.3. The topological polar surface area (TPSA) is 39.2 Å².